The molecule has 0 radical (unpaired) electrons. The first kappa shape index (κ1) is 17.8. The SMILES string of the molecule is COc1cc(N2C(=O)c3ccccc3C2=O)cc(N2C(=O)c3ccccc3C2=O)c1. The summed E-state index contributed by atoms with van der Waals surface area (Å²) in [5, 5.41) is 0. The molecule has 0 aliphatic carbocycles. The highest BCUT2D eigenvalue weighted by atomic mass is 16.5. The maximum Gasteiger partial charge on any atom is 0.266 e. The fraction of sp³-hybridized carbons (Fsp3) is 0.0435. The Morgan fingerprint density at radius 2 is 0.900 bits per heavy atom. The summed E-state index contributed by atoms with van der Waals surface area (Å²) in [6.07, 6.45) is 0. The van der Waals surface area contributed by atoms with Gasteiger partial charge in [0.25, 0.3) is 23.6 Å². The van der Waals surface area contributed by atoms with Crippen LogP contribution in [0, 0.1) is 0 Å². The first-order valence-electron chi connectivity index (χ1n) is 9.16. The van der Waals surface area contributed by atoms with Gasteiger partial charge in [0.05, 0.1) is 40.7 Å². The van der Waals surface area contributed by atoms with Crippen molar-refractivity contribution in [2.24, 2.45) is 0 Å². The van der Waals surface area contributed by atoms with E-state index < -0.39 is 23.6 Å². The van der Waals surface area contributed by atoms with Crippen molar-refractivity contribution in [1.29, 1.82) is 0 Å². The second kappa shape index (κ2) is 6.38. The third kappa shape index (κ3) is 2.39. The van der Waals surface area contributed by atoms with Crippen LogP contribution in [0.2, 0.25) is 0 Å². The minimum absolute atomic E-state index is 0.215. The largest absolute Gasteiger partial charge is 0.497 e. The minimum atomic E-state index is -0.475. The van der Waals surface area contributed by atoms with Gasteiger partial charge in [-0.2, -0.15) is 0 Å². The number of imide groups is 2. The lowest BCUT2D eigenvalue weighted by Gasteiger charge is -2.20. The number of carbonyl (C=O) groups is 4. The van der Waals surface area contributed by atoms with E-state index in [2.05, 4.69) is 0 Å². The molecule has 0 saturated carbocycles. The highest BCUT2D eigenvalue weighted by Crippen LogP contribution is 2.37. The first-order chi connectivity index (χ1) is 14.5. The molecule has 0 N–H and O–H groups in total. The van der Waals surface area contributed by atoms with Crippen LogP contribution in [0.15, 0.2) is 66.7 Å². The fourth-order valence-corrected chi connectivity index (χ4v) is 3.79. The lowest BCUT2D eigenvalue weighted by molar-refractivity contribution is 0.0912. The van der Waals surface area contributed by atoms with Crippen LogP contribution in [-0.2, 0) is 0 Å². The predicted molar refractivity (Wildman–Crippen MR) is 108 cm³/mol. The van der Waals surface area contributed by atoms with E-state index >= 15 is 0 Å². The van der Waals surface area contributed by atoms with Crippen molar-refractivity contribution in [3.8, 4) is 5.75 Å². The van der Waals surface area contributed by atoms with Gasteiger partial charge >= 0.3 is 0 Å². The van der Waals surface area contributed by atoms with Crippen LogP contribution in [0.3, 0.4) is 0 Å². The predicted octanol–water partition coefficient (Wildman–Crippen LogP) is 3.30. The van der Waals surface area contributed by atoms with Crippen molar-refractivity contribution in [3.63, 3.8) is 0 Å². The van der Waals surface area contributed by atoms with E-state index in [-0.39, 0.29) is 11.4 Å². The molecule has 0 fully saturated rings. The van der Waals surface area contributed by atoms with Crippen LogP contribution in [0.5, 0.6) is 5.75 Å². The quantitative estimate of drug-likeness (QED) is 0.632. The van der Waals surface area contributed by atoms with Crippen LogP contribution < -0.4 is 14.5 Å². The molecule has 7 heteroatoms. The Hall–Kier alpha value is -4.26. The maximum atomic E-state index is 12.9. The molecule has 4 amide bonds. The summed E-state index contributed by atoms with van der Waals surface area (Å²) in [4.78, 5) is 53.5. The summed E-state index contributed by atoms with van der Waals surface area (Å²) in [6, 6.07) is 17.6. The van der Waals surface area contributed by atoms with Crippen molar-refractivity contribution in [3.05, 3.63) is 89.0 Å². The molecule has 0 unspecified atom stereocenters. The second-order valence-corrected chi connectivity index (χ2v) is 6.87. The Kier molecular flexibility index (Phi) is 3.79. The number of hydrogen-bond donors (Lipinski definition) is 0. The summed E-state index contributed by atoms with van der Waals surface area (Å²) in [5.41, 5.74) is 1.62. The zero-order valence-corrected chi connectivity index (χ0v) is 15.8. The summed E-state index contributed by atoms with van der Waals surface area (Å²) in [7, 11) is 1.42. The van der Waals surface area contributed by atoms with Crippen molar-refractivity contribution < 1.29 is 23.9 Å². The Morgan fingerprint density at radius 3 is 1.20 bits per heavy atom. The zero-order chi connectivity index (χ0) is 21.0. The summed E-state index contributed by atoms with van der Waals surface area (Å²) in [5.74, 6) is -1.60. The number of nitrogens with zero attached hydrogens (tertiary/aromatic N) is 2. The van der Waals surface area contributed by atoms with Gasteiger partial charge < -0.3 is 4.74 Å². The number of methoxy groups -OCH3 is 1. The van der Waals surface area contributed by atoms with Crippen molar-refractivity contribution in [2.45, 2.75) is 0 Å². The smallest absolute Gasteiger partial charge is 0.266 e. The first-order valence-corrected chi connectivity index (χ1v) is 9.16. The number of fused-ring (bicyclic) bond motifs is 2. The second-order valence-electron chi connectivity index (χ2n) is 6.87. The molecule has 3 aromatic carbocycles. The summed E-state index contributed by atoms with van der Waals surface area (Å²) >= 11 is 0. The van der Waals surface area contributed by atoms with E-state index in [4.69, 9.17) is 4.74 Å². The van der Waals surface area contributed by atoms with Gasteiger partial charge in [0.15, 0.2) is 0 Å². The molecule has 3 aromatic rings. The maximum absolute atomic E-state index is 12.9. The number of carbonyl (C=O) groups excluding carboxylic acids is 4. The Morgan fingerprint density at radius 1 is 0.567 bits per heavy atom. The fourth-order valence-electron chi connectivity index (χ4n) is 3.79. The molecule has 0 spiro atoms. The average molecular weight is 398 g/mol. The number of anilines is 2. The minimum Gasteiger partial charge on any atom is -0.497 e. The molecule has 0 saturated heterocycles. The lowest BCUT2D eigenvalue weighted by atomic mass is 10.1. The molecular weight excluding hydrogens is 384 g/mol. The number of benzene rings is 3. The van der Waals surface area contributed by atoms with Gasteiger partial charge in [-0.15, -0.1) is 0 Å². The lowest BCUT2D eigenvalue weighted by Crippen LogP contribution is -2.31. The normalized spacial score (nSPS) is 15.0. The number of ether oxygens (including phenoxy) is 1. The highest BCUT2D eigenvalue weighted by molar-refractivity contribution is 6.36. The molecule has 7 nitrogen and oxygen atoms in total. The van der Waals surface area contributed by atoms with Crippen molar-refractivity contribution in [1.82, 2.24) is 0 Å². The number of rotatable bonds is 3. The van der Waals surface area contributed by atoms with E-state index in [1.54, 1.807) is 48.5 Å². The van der Waals surface area contributed by atoms with Gasteiger partial charge in [0, 0.05) is 12.1 Å². The van der Waals surface area contributed by atoms with Crippen LogP contribution >= 0.6 is 0 Å². The topological polar surface area (TPSA) is 84.0 Å². The molecule has 2 aliphatic heterocycles. The molecule has 30 heavy (non-hydrogen) atoms. The third-order valence-electron chi connectivity index (χ3n) is 5.22. The standard InChI is InChI=1S/C23H14N2O5/c1-30-15-11-13(24-20(26)16-6-2-3-7-17(16)21(24)27)10-14(12-15)25-22(28)18-8-4-5-9-19(18)23(25)29/h2-12H,1H3. The van der Waals surface area contributed by atoms with Gasteiger partial charge in [0.2, 0.25) is 0 Å². The van der Waals surface area contributed by atoms with E-state index in [0.29, 0.717) is 28.0 Å². The van der Waals surface area contributed by atoms with Gasteiger partial charge in [-0.3, -0.25) is 19.2 Å². The van der Waals surface area contributed by atoms with Crippen LogP contribution in [0.4, 0.5) is 11.4 Å². The van der Waals surface area contributed by atoms with E-state index in [1.165, 1.54) is 25.3 Å². The summed E-state index contributed by atoms with van der Waals surface area (Å²) in [6.45, 7) is 0. The van der Waals surface area contributed by atoms with Gasteiger partial charge in [-0.25, -0.2) is 9.80 Å². The van der Waals surface area contributed by atoms with Crippen LogP contribution in [0.25, 0.3) is 0 Å². The van der Waals surface area contributed by atoms with E-state index in [1.807, 2.05) is 0 Å². The third-order valence-corrected chi connectivity index (χ3v) is 5.22. The zero-order valence-electron chi connectivity index (χ0n) is 15.8. The Labute approximate surface area is 171 Å². The molecule has 0 atom stereocenters. The van der Waals surface area contributed by atoms with Gasteiger partial charge in [-0.1, -0.05) is 24.3 Å². The van der Waals surface area contributed by atoms with Gasteiger partial charge in [0.1, 0.15) is 5.75 Å². The molecular formula is C23H14N2O5. The number of amides is 4. The molecule has 5 rings (SSSR count). The molecule has 0 aromatic heterocycles. The van der Waals surface area contributed by atoms with Crippen LogP contribution in [0.1, 0.15) is 41.4 Å². The monoisotopic (exact) mass is 398 g/mol. The highest BCUT2D eigenvalue weighted by Gasteiger charge is 2.39. The molecule has 2 aliphatic rings. The van der Waals surface area contributed by atoms with Crippen LogP contribution in [-0.4, -0.2) is 30.7 Å². The molecule has 0 bridgehead atoms. The Balaban J connectivity index is 1.62. The van der Waals surface area contributed by atoms with E-state index in [9.17, 15) is 19.2 Å². The molecule has 2 heterocycles. The van der Waals surface area contributed by atoms with Gasteiger partial charge in [-0.05, 0) is 30.3 Å². The number of hydrogen-bond acceptors (Lipinski definition) is 5. The molecule has 146 valence electrons. The van der Waals surface area contributed by atoms with E-state index in [0.717, 1.165) is 9.80 Å². The Bertz CT molecular complexity index is 1120. The average Bonchev–Trinajstić information content (AvgIpc) is 3.18. The van der Waals surface area contributed by atoms with Crippen molar-refractivity contribution >= 4 is 35.0 Å². The van der Waals surface area contributed by atoms with Crippen molar-refractivity contribution in [2.75, 3.05) is 16.9 Å². The summed E-state index contributed by atoms with van der Waals surface area (Å²) < 4.78 is 5.31.